The molecule has 1 fully saturated rings. The zero-order valence-corrected chi connectivity index (χ0v) is 7.09. The van der Waals surface area contributed by atoms with Gasteiger partial charge in [-0.15, -0.1) is 0 Å². The number of nitrogens with two attached hydrogens (primary N) is 1. The van der Waals surface area contributed by atoms with Gasteiger partial charge in [-0.3, -0.25) is 0 Å². The average molecular weight is 150 g/mol. The molecular formula is C10H16N. The Labute approximate surface area is 70.4 Å². The Kier molecular flexibility index (Phi) is 3.92. The maximum absolute atomic E-state index is 5.93. The van der Waals surface area contributed by atoms with Gasteiger partial charge in [0.15, 0.2) is 0 Å². The number of rotatable bonds is 4. The van der Waals surface area contributed by atoms with Crippen molar-refractivity contribution in [2.75, 3.05) is 0 Å². The summed E-state index contributed by atoms with van der Waals surface area (Å²) in [7, 11) is 0. The van der Waals surface area contributed by atoms with E-state index in [0.717, 1.165) is 6.42 Å². The zero-order chi connectivity index (χ0) is 8.10. The smallest absolute Gasteiger partial charge is 0.0107 e. The molecule has 1 aliphatic carbocycles. The Bertz CT molecular complexity index is 95.0. The largest absolute Gasteiger partial charge is 0.327 e. The fourth-order valence-electron chi connectivity index (χ4n) is 1.23. The second-order valence-electron chi connectivity index (χ2n) is 2.97. The molecule has 1 aliphatic rings. The molecule has 0 aromatic heterocycles. The second-order valence-corrected chi connectivity index (χ2v) is 2.97. The van der Waals surface area contributed by atoms with Crippen molar-refractivity contribution in [2.45, 2.75) is 32.2 Å². The van der Waals surface area contributed by atoms with Crippen LogP contribution >= 0.6 is 0 Å². The maximum Gasteiger partial charge on any atom is 0.0107 e. The fourth-order valence-corrected chi connectivity index (χ4v) is 1.23. The molecule has 2 N–H and O–H groups in total. The average Bonchev–Trinajstić information content (AvgIpc) is 2.52. The zero-order valence-electron chi connectivity index (χ0n) is 7.09. The Hall–Kier alpha value is -0.0400. The van der Waals surface area contributed by atoms with E-state index in [1.807, 2.05) is 12.8 Å². The molecule has 11 heavy (non-hydrogen) atoms. The van der Waals surface area contributed by atoms with Crippen LogP contribution in [0.4, 0.5) is 0 Å². The highest BCUT2D eigenvalue weighted by Gasteiger charge is 2.22. The lowest BCUT2D eigenvalue weighted by Crippen LogP contribution is -2.27. The van der Waals surface area contributed by atoms with Crippen LogP contribution in [-0.4, -0.2) is 6.04 Å². The van der Waals surface area contributed by atoms with Gasteiger partial charge in [0.25, 0.3) is 0 Å². The van der Waals surface area contributed by atoms with Gasteiger partial charge in [0, 0.05) is 6.04 Å². The van der Waals surface area contributed by atoms with E-state index >= 15 is 0 Å². The van der Waals surface area contributed by atoms with Gasteiger partial charge in [0.1, 0.15) is 0 Å². The van der Waals surface area contributed by atoms with Gasteiger partial charge in [-0.2, -0.15) is 0 Å². The molecular weight excluding hydrogens is 134 g/mol. The summed E-state index contributed by atoms with van der Waals surface area (Å²) in [6.45, 7) is 2.19. The van der Waals surface area contributed by atoms with E-state index in [0.29, 0.717) is 0 Å². The van der Waals surface area contributed by atoms with Gasteiger partial charge in [-0.1, -0.05) is 19.8 Å². The summed E-state index contributed by atoms with van der Waals surface area (Å²) >= 11 is 0. The van der Waals surface area contributed by atoms with Crippen molar-refractivity contribution in [3.63, 3.8) is 0 Å². The highest BCUT2D eigenvalue weighted by Crippen LogP contribution is 2.27. The van der Waals surface area contributed by atoms with Crippen LogP contribution in [0.3, 0.4) is 0 Å². The topological polar surface area (TPSA) is 26.0 Å². The summed E-state index contributed by atoms with van der Waals surface area (Å²) in [5.41, 5.74) is 5.93. The molecule has 1 nitrogen and oxygen atoms in total. The Morgan fingerprint density at radius 1 is 1.36 bits per heavy atom. The van der Waals surface area contributed by atoms with Crippen molar-refractivity contribution in [1.29, 1.82) is 0 Å². The lowest BCUT2D eigenvalue weighted by molar-refractivity contribution is 0.607. The number of unbranched alkanes of at least 4 members (excludes halogenated alkanes) is 1. The first-order chi connectivity index (χ1) is 5.34. The summed E-state index contributed by atoms with van der Waals surface area (Å²) in [6.07, 6.45) is 11.9. The highest BCUT2D eigenvalue weighted by molar-refractivity contribution is 5.38. The van der Waals surface area contributed by atoms with E-state index in [1.165, 1.54) is 18.8 Å². The summed E-state index contributed by atoms with van der Waals surface area (Å²) in [5, 5.41) is 0. The minimum absolute atomic E-state index is 0.255. The summed E-state index contributed by atoms with van der Waals surface area (Å²) in [6, 6.07) is 0.255. The molecule has 0 spiro atoms. The van der Waals surface area contributed by atoms with Gasteiger partial charge in [0.2, 0.25) is 0 Å². The first-order valence-corrected chi connectivity index (χ1v) is 4.31. The molecule has 1 saturated carbocycles. The van der Waals surface area contributed by atoms with Gasteiger partial charge in [-0.05, 0) is 38.0 Å². The van der Waals surface area contributed by atoms with Crippen molar-refractivity contribution in [1.82, 2.24) is 0 Å². The summed E-state index contributed by atoms with van der Waals surface area (Å²) in [4.78, 5) is 0. The van der Waals surface area contributed by atoms with E-state index in [9.17, 15) is 0 Å². The van der Waals surface area contributed by atoms with E-state index in [2.05, 4.69) is 19.8 Å². The van der Waals surface area contributed by atoms with Crippen molar-refractivity contribution < 1.29 is 0 Å². The van der Waals surface area contributed by atoms with Gasteiger partial charge < -0.3 is 5.73 Å². The Morgan fingerprint density at radius 3 is 2.55 bits per heavy atom. The minimum Gasteiger partial charge on any atom is -0.327 e. The van der Waals surface area contributed by atoms with Crippen molar-refractivity contribution >= 4 is 0 Å². The normalized spacial score (nSPS) is 22.4. The van der Waals surface area contributed by atoms with E-state index in [1.54, 1.807) is 0 Å². The first-order valence-electron chi connectivity index (χ1n) is 4.31. The summed E-state index contributed by atoms with van der Waals surface area (Å²) in [5.74, 6) is 1.28. The third-order valence-corrected chi connectivity index (χ3v) is 1.99. The molecule has 0 amide bonds. The fraction of sp³-hybridized carbons (Fsp3) is 0.500. The minimum atomic E-state index is 0.255. The van der Waals surface area contributed by atoms with Gasteiger partial charge in [-0.25, -0.2) is 0 Å². The van der Waals surface area contributed by atoms with E-state index in [-0.39, 0.29) is 6.04 Å². The monoisotopic (exact) mass is 150 g/mol. The Morgan fingerprint density at radius 2 is 2.00 bits per heavy atom. The van der Waals surface area contributed by atoms with E-state index in [4.69, 9.17) is 5.73 Å². The van der Waals surface area contributed by atoms with Crippen molar-refractivity contribution in [3.05, 3.63) is 31.6 Å². The molecule has 0 aromatic rings. The van der Waals surface area contributed by atoms with Crippen molar-refractivity contribution in [2.24, 2.45) is 5.73 Å². The molecule has 0 heterocycles. The molecule has 5 radical (unpaired) electrons. The molecule has 0 unspecified atom stereocenters. The molecule has 0 aromatic carbocycles. The van der Waals surface area contributed by atoms with Crippen LogP contribution in [0, 0.1) is 31.6 Å². The maximum atomic E-state index is 5.93. The Balaban J connectivity index is 2.12. The standard InChI is InChI=1S/C10H16N/c1-2-3-8-10(11)9-6-4-5-7-9/h4-7,10H,2-3,8,11H2,1H3/t10-/m0/s1. The lowest BCUT2D eigenvalue weighted by atomic mass is 9.95. The third kappa shape index (κ3) is 2.82. The summed E-state index contributed by atoms with van der Waals surface area (Å²) < 4.78 is 0. The molecule has 0 bridgehead atoms. The van der Waals surface area contributed by atoms with Crippen molar-refractivity contribution in [3.8, 4) is 0 Å². The molecule has 0 aliphatic heterocycles. The second kappa shape index (κ2) is 4.76. The highest BCUT2D eigenvalue weighted by atomic mass is 14.6. The first kappa shape index (κ1) is 9.05. The molecule has 1 rings (SSSR count). The molecule has 61 valence electrons. The molecule has 1 heteroatoms. The van der Waals surface area contributed by atoms with Crippen LogP contribution in [-0.2, 0) is 0 Å². The molecule has 0 saturated heterocycles. The predicted molar refractivity (Wildman–Crippen MR) is 47.9 cm³/mol. The van der Waals surface area contributed by atoms with Crippen LogP contribution in [0.25, 0.3) is 0 Å². The lowest BCUT2D eigenvalue weighted by Gasteiger charge is -2.16. The van der Waals surface area contributed by atoms with Crippen LogP contribution < -0.4 is 5.73 Å². The predicted octanol–water partition coefficient (Wildman–Crippen LogP) is 1.91. The quantitative estimate of drug-likeness (QED) is 0.651. The van der Waals surface area contributed by atoms with E-state index < -0.39 is 0 Å². The number of hydrogen-bond acceptors (Lipinski definition) is 1. The third-order valence-electron chi connectivity index (χ3n) is 1.99. The van der Waals surface area contributed by atoms with Gasteiger partial charge in [0.05, 0.1) is 0 Å². The van der Waals surface area contributed by atoms with Crippen LogP contribution in [0.2, 0.25) is 0 Å². The SMILES string of the molecule is CCCC[C@H](N)[C]1[CH][CH][CH][CH]1. The molecule has 1 atom stereocenters. The van der Waals surface area contributed by atoms with Crippen LogP contribution in [0.1, 0.15) is 26.2 Å². The van der Waals surface area contributed by atoms with Crippen LogP contribution in [0.5, 0.6) is 0 Å². The van der Waals surface area contributed by atoms with Crippen LogP contribution in [0.15, 0.2) is 0 Å². The number of hydrogen-bond donors (Lipinski definition) is 1. The van der Waals surface area contributed by atoms with Gasteiger partial charge >= 0.3 is 0 Å².